The van der Waals surface area contributed by atoms with Crippen molar-refractivity contribution in [3.63, 3.8) is 0 Å². The number of anilines is 1. The summed E-state index contributed by atoms with van der Waals surface area (Å²) in [6.45, 7) is 4.21. The van der Waals surface area contributed by atoms with Crippen molar-refractivity contribution in [1.29, 1.82) is 0 Å². The van der Waals surface area contributed by atoms with Crippen LogP contribution in [0.15, 0.2) is 85.4 Å². The first-order valence-electron chi connectivity index (χ1n) is 6.95. The van der Waals surface area contributed by atoms with E-state index in [-0.39, 0.29) is 0 Å². The van der Waals surface area contributed by atoms with Crippen LogP contribution >= 0.6 is 0 Å². The summed E-state index contributed by atoms with van der Waals surface area (Å²) in [5, 5.41) is 0. The van der Waals surface area contributed by atoms with Crippen LogP contribution in [0.5, 0.6) is 0 Å². The number of rotatable bonds is 3. The van der Waals surface area contributed by atoms with Gasteiger partial charge >= 0.3 is 0 Å². The summed E-state index contributed by atoms with van der Waals surface area (Å²) in [6, 6.07) is 26.5. The van der Waals surface area contributed by atoms with E-state index in [1.165, 1.54) is 5.56 Å². The molecule has 0 aliphatic rings. The van der Waals surface area contributed by atoms with E-state index in [9.17, 15) is 0 Å². The van der Waals surface area contributed by atoms with E-state index in [4.69, 9.17) is 5.73 Å². The summed E-state index contributed by atoms with van der Waals surface area (Å²) in [4.78, 5) is 0. The van der Waals surface area contributed by atoms with E-state index in [2.05, 4.69) is 36.9 Å². The zero-order valence-corrected chi connectivity index (χ0v) is 11.8. The monoisotopic (exact) mass is 271 g/mol. The lowest BCUT2D eigenvalue weighted by molar-refractivity contribution is 1.54. The van der Waals surface area contributed by atoms with Crippen LogP contribution in [-0.4, -0.2) is 0 Å². The molecule has 2 N–H and O–H groups in total. The molecule has 0 aromatic heterocycles. The third-order valence-electron chi connectivity index (χ3n) is 3.61. The van der Waals surface area contributed by atoms with Gasteiger partial charge in [0.2, 0.25) is 0 Å². The smallest absolute Gasteiger partial charge is 0.0394 e. The van der Waals surface area contributed by atoms with Gasteiger partial charge in [0.25, 0.3) is 0 Å². The average molecular weight is 271 g/mol. The molecule has 0 radical (unpaired) electrons. The maximum absolute atomic E-state index is 6.14. The molecule has 0 bridgehead atoms. The summed E-state index contributed by atoms with van der Waals surface area (Å²) < 4.78 is 0. The lowest BCUT2D eigenvalue weighted by Gasteiger charge is -2.12. The van der Waals surface area contributed by atoms with Crippen LogP contribution in [0.4, 0.5) is 5.69 Å². The van der Waals surface area contributed by atoms with E-state index in [1.54, 1.807) is 0 Å². The molecule has 3 aromatic rings. The zero-order valence-electron chi connectivity index (χ0n) is 11.8. The van der Waals surface area contributed by atoms with Gasteiger partial charge in [-0.15, -0.1) is 0 Å². The normalized spacial score (nSPS) is 10.3. The Morgan fingerprint density at radius 3 is 2.00 bits per heavy atom. The molecule has 0 unspecified atom stereocenters. The molecule has 0 atom stereocenters. The van der Waals surface area contributed by atoms with Crippen LogP contribution < -0.4 is 5.73 Å². The minimum atomic E-state index is 0.753. The first-order valence-corrected chi connectivity index (χ1v) is 6.95. The van der Waals surface area contributed by atoms with Crippen molar-refractivity contribution in [2.75, 3.05) is 5.73 Å². The Balaban J connectivity index is 2.05. The number of hydrogen-bond donors (Lipinski definition) is 1. The molecule has 1 heteroatoms. The quantitative estimate of drug-likeness (QED) is 0.667. The van der Waals surface area contributed by atoms with Crippen molar-refractivity contribution in [3.05, 3.63) is 96.6 Å². The molecule has 3 rings (SSSR count). The molecule has 0 saturated heterocycles. The second-order valence-electron chi connectivity index (χ2n) is 5.01. The second kappa shape index (κ2) is 5.68. The number of nitrogen functional groups attached to an aromatic ring is 1. The molecule has 21 heavy (non-hydrogen) atoms. The van der Waals surface area contributed by atoms with Crippen LogP contribution in [0.3, 0.4) is 0 Å². The minimum Gasteiger partial charge on any atom is -0.398 e. The summed E-state index contributed by atoms with van der Waals surface area (Å²) in [7, 11) is 0. The van der Waals surface area contributed by atoms with Crippen LogP contribution in [0.1, 0.15) is 11.1 Å². The van der Waals surface area contributed by atoms with Crippen LogP contribution in [0, 0.1) is 0 Å². The maximum atomic E-state index is 6.14. The Kier molecular flexibility index (Phi) is 3.57. The minimum absolute atomic E-state index is 0.753. The van der Waals surface area contributed by atoms with Crippen molar-refractivity contribution in [2.24, 2.45) is 0 Å². The van der Waals surface area contributed by atoms with Gasteiger partial charge in [0, 0.05) is 11.3 Å². The second-order valence-corrected chi connectivity index (χ2v) is 5.01. The van der Waals surface area contributed by atoms with Gasteiger partial charge in [0.1, 0.15) is 0 Å². The van der Waals surface area contributed by atoms with Crippen LogP contribution in [-0.2, 0) is 0 Å². The summed E-state index contributed by atoms with van der Waals surface area (Å²) in [5.74, 6) is 0. The Bertz CT molecular complexity index is 758. The number of benzene rings is 3. The van der Waals surface area contributed by atoms with E-state index < -0.39 is 0 Å². The third-order valence-corrected chi connectivity index (χ3v) is 3.61. The van der Waals surface area contributed by atoms with Gasteiger partial charge in [0.05, 0.1) is 0 Å². The highest BCUT2D eigenvalue weighted by atomic mass is 14.6. The van der Waals surface area contributed by atoms with Gasteiger partial charge in [0.15, 0.2) is 0 Å². The molecule has 1 nitrogen and oxygen atoms in total. The van der Waals surface area contributed by atoms with Gasteiger partial charge in [-0.25, -0.2) is 0 Å². The molecular weight excluding hydrogens is 254 g/mol. The molecular formula is C20H17N. The van der Waals surface area contributed by atoms with E-state index >= 15 is 0 Å². The molecule has 0 amide bonds. The Hall–Kier alpha value is -2.80. The maximum Gasteiger partial charge on any atom is 0.0394 e. The highest BCUT2D eigenvalue weighted by Gasteiger charge is 2.08. The van der Waals surface area contributed by atoms with E-state index in [1.807, 2.05) is 48.5 Å². The predicted octanol–water partition coefficient (Wildman–Crippen LogP) is 5.00. The molecule has 0 aliphatic heterocycles. The molecule has 102 valence electrons. The highest BCUT2D eigenvalue weighted by molar-refractivity contribution is 5.86. The Labute approximate surface area is 125 Å². The average Bonchev–Trinajstić information content (AvgIpc) is 2.56. The van der Waals surface area contributed by atoms with Gasteiger partial charge in [-0.3, -0.25) is 0 Å². The lowest BCUT2D eigenvalue weighted by Crippen LogP contribution is -1.95. The molecule has 0 heterocycles. The van der Waals surface area contributed by atoms with Gasteiger partial charge < -0.3 is 5.73 Å². The molecule has 0 saturated carbocycles. The SMILES string of the molecule is C=C(c1ccccc1)c1cc(-c2ccccc2)ccc1N. The Morgan fingerprint density at radius 1 is 0.714 bits per heavy atom. The zero-order chi connectivity index (χ0) is 14.7. The first-order chi connectivity index (χ1) is 10.3. The first kappa shape index (κ1) is 13.2. The number of nitrogens with two attached hydrogens (primary N) is 1. The van der Waals surface area contributed by atoms with Crippen molar-refractivity contribution in [2.45, 2.75) is 0 Å². The summed E-state index contributed by atoms with van der Waals surface area (Å²) >= 11 is 0. The fourth-order valence-corrected chi connectivity index (χ4v) is 2.42. The molecule has 3 aromatic carbocycles. The Morgan fingerprint density at radius 2 is 1.33 bits per heavy atom. The molecule has 0 aliphatic carbocycles. The largest absolute Gasteiger partial charge is 0.398 e. The van der Waals surface area contributed by atoms with E-state index in [0.29, 0.717) is 0 Å². The van der Waals surface area contributed by atoms with E-state index in [0.717, 1.165) is 28.0 Å². The topological polar surface area (TPSA) is 26.0 Å². The molecule has 0 spiro atoms. The lowest BCUT2D eigenvalue weighted by atomic mass is 9.94. The van der Waals surface area contributed by atoms with Crippen LogP contribution in [0.25, 0.3) is 16.7 Å². The van der Waals surface area contributed by atoms with Gasteiger partial charge in [-0.1, -0.05) is 73.3 Å². The van der Waals surface area contributed by atoms with Crippen molar-refractivity contribution < 1.29 is 0 Å². The highest BCUT2D eigenvalue weighted by Crippen LogP contribution is 2.30. The van der Waals surface area contributed by atoms with Crippen molar-refractivity contribution in [1.82, 2.24) is 0 Å². The summed E-state index contributed by atoms with van der Waals surface area (Å²) in [5.41, 5.74) is 12.3. The number of hydrogen-bond acceptors (Lipinski definition) is 1. The van der Waals surface area contributed by atoms with Gasteiger partial charge in [-0.2, -0.15) is 0 Å². The third kappa shape index (κ3) is 2.72. The van der Waals surface area contributed by atoms with Gasteiger partial charge in [-0.05, 0) is 34.4 Å². The van der Waals surface area contributed by atoms with Crippen molar-refractivity contribution >= 4 is 11.3 Å². The fraction of sp³-hybridized carbons (Fsp3) is 0. The standard InChI is InChI=1S/C20H17N/c1-15(16-8-4-2-5-9-16)19-14-18(12-13-20(19)21)17-10-6-3-7-11-17/h2-14H,1,21H2. The van der Waals surface area contributed by atoms with Crippen molar-refractivity contribution in [3.8, 4) is 11.1 Å². The van der Waals surface area contributed by atoms with Crippen LogP contribution in [0.2, 0.25) is 0 Å². The molecule has 0 fully saturated rings. The predicted molar refractivity (Wildman–Crippen MR) is 90.9 cm³/mol. The summed E-state index contributed by atoms with van der Waals surface area (Å²) in [6.07, 6.45) is 0. The fourth-order valence-electron chi connectivity index (χ4n) is 2.42.